The van der Waals surface area contributed by atoms with Crippen molar-refractivity contribution in [2.45, 2.75) is 32.9 Å². The van der Waals surface area contributed by atoms with Crippen LogP contribution in [0.15, 0.2) is 23.4 Å². The highest BCUT2D eigenvalue weighted by atomic mass is 16.5. The zero-order valence-electron chi connectivity index (χ0n) is 12.8. The molecule has 1 rings (SSSR count). The maximum atomic E-state index is 9.81. The van der Waals surface area contributed by atoms with Gasteiger partial charge in [-0.2, -0.15) is 0 Å². The van der Waals surface area contributed by atoms with Crippen LogP contribution in [0.25, 0.3) is 0 Å². The Morgan fingerprint density at radius 2 is 2.14 bits per heavy atom. The molecule has 5 N–H and O–H groups in total. The number of oxime groups is 1. The van der Waals surface area contributed by atoms with Gasteiger partial charge in [-0.1, -0.05) is 25.1 Å². The van der Waals surface area contributed by atoms with Crippen molar-refractivity contribution in [3.05, 3.63) is 29.3 Å². The smallest absolute Gasteiger partial charge is 0.173 e. The molecule has 0 radical (unpaired) electrons. The van der Waals surface area contributed by atoms with Crippen molar-refractivity contribution in [3.63, 3.8) is 0 Å². The summed E-state index contributed by atoms with van der Waals surface area (Å²) in [5, 5.41) is 24.8. The van der Waals surface area contributed by atoms with Crippen LogP contribution in [0.3, 0.4) is 0 Å². The highest BCUT2D eigenvalue weighted by molar-refractivity contribution is 5.99. The molecule has 0 saturated heterocycles. The van der Waals surface area contributed by atoms with E-state index in [0.29, 0.717) is 30.3 Å². The summed E-state index contributed by atoms with van der Waals surface area (Å²) in [6, 6.07) is 5.47. The molecule has 1 aromatic rings. The van der Waals surface area contributed by atoms with Crippen LogP contribution in [0.4, 0.5) is 0 Å². The van der Waals surface area contributed by atoms with E-state index in [1.54, 1.807) is 12.1 Å². The molecule has 0 aliphatic carbocycles. The number of rotatable bonds is 8. The number of aliphatic hydroxyl groups is 1. The molecule has 0 saturated carbocycles. The average Bonchev–Trinajstić information content (AvgIpc) is 2.45. The van der Waals surface area contributed by atoms with Gasteiger partial charge in [0.2, 0.25) is 0 Å². The molecule has 6 heteroatoms. The minimum atomic E-state index is -0.355. The number of nitrogens with two attached hydrogens (primary N) is 1. The Morgan fingerprint density at radius 1 is 1.43 bits per heavy atom. The molecule has 0 amide bonds. The van der Waals surface area contributed by atoms with E-state index in [4.69, 9.17) is 15.7 Å². The first kappa shape index (κ1) is 17.3. The lowest BCUT2D eigenvalue weighted by Crippen LogP contribution is -2.27. The predicted octanol–water partition coefficient (Wildman–Crippen LogP) is 1.29. The van der Waals surface area contributed by atoms with E-state index in [1.165, 1.54) is 7.11 Å². The number of ether oxygens (including phenoxy) is 1. The van der Waals surface area contributed by atoms with Crippen LogP contribution < -0.4 is 15.8 Å². The quantitative estimate of drug-likeness (QED) is 0.251. The summed E-state index contributed by atoms with van der Waals surface area (Å²) in [7, 11) is 1.53. The number of nitrogens with zero attached hydrogens (tertiary/aromatic N) is 1. The van der Waals surface area contributed by atoms with Crippen LogP contribution in [0, 0.1) is 5.92 Å². The van der Waals surface area contributed by atoms with Gasteiger partial charge in [-0.15, -0.1) is 0 Å². The van der Waals surface area contributed by atoms with Crippen LogP contribution in [0.5, 0.6) is 5.75 Å². The van der Waals surface area contributed by atoms with Crippen molar-refractivity contribution in [1.29, 1.82) is 0 Å². The topological polar surface area (TPSA) is 100 Å². The second-order valence-electron chi connectivity index (χ2n) is 5.43. The summed E-state index contributed by atoms with van der Waals surface area (Å²) < 4.78 is 5.18. The van der Waals surface area contributed by atoms with Crippen LogP contribution in [-0.2, 0) is 6.54 Å². The van der Waals surface area contributed by atoms with Gasteiger partial charge in [-0.25, -0.2) is 0 Å². The Balaban J connectivity index is 2.64. The fourth-order valence-corrected chi connectivity index (χ4v) is 2.13. The van der Waals surface area contributed by atoms with Gasteiger partial charge < -0.3 is 26.1 Å². The first-order chi connectivity index (χ1) is 9.97. The van der Waals surface area contributed by atoms with E-state index in [9.17, 15) is 5.11 Å². The maximum absolute atomic E-state index is 9.81. The van der Waals surface area contributed by atoms with Gasteiger partial charge in [0, 0.05) is 13.1 Å². The summed E-state index contributed by atoms with van der Waals surface area (Å²) in [5.41, 5.74) is 7.14. The summed E-state index contributed by atoms with van der Waals surface area (Å²) in [4.78, 5) is 0. The van der Waals surface area contributed by atoms with E-state index in [2.05, 4.69) is 24.3 Å². The number of nitrogens with one attached hydrogen (secondary N) is 1. The van der Waals surface area contributed by atoms with Crippen molar-refractivity contribution in [3.8, 4) is 5.75 Å². The van der Waals surface area contributed by atoms with Gasteiger partial charge in [0.15, 0.2) is 5.84 Å². The molecule has 118 valence electrons. The fourth-order valence-electron chi connectivity index (χ4n) is 2.13. The maximum Gasteiger partial charge on any atom is 0.173 e. The predicted molar refractivity (Wildman–Crippen MR) is 82.7 cm³/mol. The third kappa shape index (κ3) is 5.61. The van der Waals surface area contributed by atoms with Crippen molar-refractivity contribution in [1.82, 2.24) is 5.32 Å². The molecule has 0 aliphatic heterocycles. The van der Waals surface area contributed by atoms with Crippen molar-refractivity contribution in [2.75, 3.05) is 13.7 Å². The van der Waals surface area contributed by atoms with Crippen molar-refractivity contribution < 1.29 is 15.1 Å². The van der Waals surface area contributed by atoms with Gasteiger partial charge in [0.1, 0.15) is 5.75 Å². The summed E-state index contributed by atoms with van der Waals surface area (Å²) in [5.74, 6) is 1.03. The lowest BCUT2D eigenvalue weighted by Gasteiger charge is -2.14. The molecule has 0 aliphatic rings. The lowest BCUT2D eigenvalue weighted by atomic mass is 10.1. The normalized spacial score (nSPS) is 13.5. The number of amidine groups is 1. The van der Waals surface area contributed by atoms with Gasteiger partial charge in [-0.05, 0) is 30.0 Å². The molecule has 6 nitrogen and oxygen atoms in total. The Labute approximate surface area is 125 Å². The minimum Gasteiger partial charge on any atom is -0.496 e. The molecule has 0 spiro atoms. The molecule has 0 heterocycles. The van der Waals surface area contributed by atoms with E-state index in [1.807, 2.05) is 6.07 Å². The summed E-state index contributed by atoms with van der Waals surface area (Å²) in [6.45, 7) is 5.28. The SMILES string of the molecule is COc1ccc(CNCC(O)CC(C)C)cc1/C(N)=N/O. The highest BCUT2D eigenvalue weighted by Gasteiger charge is 2.10. The largest absolute Gasteiger partial charge is 0.496 e. The monoisotopic (exact) mass is 295 g/mol. The number of hydrogen-bond donors (Lipinski definition) is 4. The molecule has 0 aromatic heterocycles. The lowest BCUT2D eigenvalue weighted by molar-refractivity contribution is 0.146. The van der Waals surface area contributed by atoms with E-state index in [0.717, 1.165) is 12.0 Å². The standard InChI is InChI=1S/C15H25N3O3/c1-10(2)6-12(19)9-17-8-11-4-5-14(21-3)13(7-11)15(16)18-20/h4-5,7,10,12,17,19-20H,6,8-9H2,1-3H3,(H2,16,18). The fraction of sp³-hybridized carbons (Fsp3) is 0.533. The van der Waals surface area contributed by atoms with Gasteiger partial charge in [-0.3, -0.25) is 0 Å². The first-order valence-corrected chi connectivity index (χ1v) is 7.01. The Hall–Kier alpha value is -1.79. The third-order valence-corrected chi connectivity index (χ3v) is 3.10. The van der Waals surface area contributed by atoms with E-state index in [-0.39, 0.29) is 11.9 Å². The summed E-state index contributed by atoms with van der Waals surface area (Å²) in [6.07, 6.45) is 0.414. The number of benzene rings is 1. The molecule has 0 bridgehead atoms. The van der Waals surface area contributed by atoms with Crippen molar-refractivity contribution in [2.24, 2.45) is 16.8 Å². The van der Waals surface area contributed by atoms with E-state index < -0.39 is 0 Å². The molecule has 1 unspecified atom stereocenters. The van der Waals surface area contributed by atoms with Gasteiger partial charge >= 0.3 is 0 Å². The zero-order valence-corrected chi connectivity index (χ0v) is 12.8. The van der Waals surface area contributed by atoms with Crippen LogP contribution in [0.1, 0.15) is 31.4 Å². The molecule has 1 aromatic carbocycles. The second kappa shape index (κ2) is 8.49. The van der Waals surface area contributed by atoms with E-state index >= 15 is 0 Å². The molecular weight excluding hydrogens is 270 g/mol. The molecule has 0 fully saturated rings. The minimum absolute atomic E-state index is 0.00791. The average molecular weight is 295 g/mol. The summed E-state index contributed by atoms with van der Waals surface area (Å²) >= 11 is 0. The van der Waals surface area contributed by atoms with Crippen molar-refractivity contribution >= 4 is 5.84 Å². The Morgan fingerprint density at radius 3 is 2.71 bits per heavy atom. The van der Waals surface area contributed by atoms with Crippen LogP contribution in [0.2, 0.25) is 0 Å². The second-order valence-corrected chi connectivity index (χ2v) is 5.43. The number of hydrogen-bond acceptors (Lipinski definition) is 5. The zero-order chi connectivity index (χ0) is 15.8. The molecule has 21 heavy (non-hydrogen) atoms. The van der Waals surface area contributed by atoms with Gasteiger partial charge in [0.25, 0.3) is 0 Å². The molecule has 1 atom stereocenters. The molecular formula is C15H25N3O3. The van der Waals surface area contributed by atoms with Gasteiger partial charge in [0.05, 0.1) is 18.8 Å². The Bertz CT molecular complexity index is 475. The number of methoxy groups -OCH3 is 1. The highest BCUT2D eigenvalue weighted by Crippen LogP contribution is 2.19. The Kier molecular flexibility index (Phi) is 6.98. The van der Waals surface area contributed by atoms with Crippen LogP contribution in [-0.4, -0.2) is 35.9 Å². The first-order valence-electron chi connectivity index (χ1n) is 7.01. The third-order valence-electron chi connectivity index (χ3n) is 3.10. The number of aliphatic hydroxyl groups excluding tert-OH is 1. The van der Waals surface area contributed by atoms with Crippen LogP contribution >= 0.6 is 0 Å².